The highest BCUT2D eigenvalue weighted by Gasteiger charge is 2.36. The summed E-state index contributed by atoms with van der Waals surface area (Å²) in [5.41, 5.74) is 20.4. The average molecular weight is 1160 g/mol. The van der Waals surface area contributed by atoms with Gasteiger partial charge in [0.2, 0.25) is 0 Å². The minimum absolute atomic E-state index is 0.131. The Kier molecular flexibility index (Phi) is 10.7. The van der Waals surface area contributed by atoms with E-state index in [1.165, 1.54) is 68.2 Å². The molecule has 418 valence electrons. The molecule has 0 aliphatic heterocycles. The molecular formula is C81H57N5S2. The number of benzene rings is 12. The highest BCUT2D eigenvalue weighted by molar-refractivity contribution is 7.27. The van der Waals surface area contributed by atoms with E-state index in [1.807, 2.05) is 22.7 Å². The number of nitriles is 1. The van der Waals surface area contributed by atoms with Gasteiger partial charge in [-0.15, -0.1) is 22.7 Å². The molecule has 0 radical (unpaired) electrons. The summed E-state index contributed by atoms with van der Waals surface area (Å²) >= 11 is 3.68. The number of fused-ring (bicyclic) bond motifs is 20. The zero-order valence-electron chi connectivity index (χ0n) is 49.8. The Labute approximate surface area is 516 Å². The number of aromatic nitrogens is 4. The van der Waals surface area contributed by atoms with Crippen LogP contribution in [0.3, 0.4) is 0 Å². The Morgan fingerprint density at radius 1 is 0.330 bits per heavy atom. The fourth-order valence-electron chi connectivity index (χ4n) is 15.0. The molecule has 0 amide bonds. The van der Waals surface area contributed by atoms with Crippen LogP contribution in [0, 0.1) is 39.0 Å². The lowest BCUT2D eigenvalue weighted by molar-refractivity contribution is 0.590. The maximum atomic E-state index is 13.5. The van der Waals surface area contributed by atoms with Crippen molar-refractivity contribution < 1.29 is 0 Å². The molecule has 18 rings (SSSR count). The number of hydrogen-bond acceptors (Lipinski definition) is 3. The average Bonchev–Trinajstić information content (AvgIpc) is 1.44. The Bertz CT molecular complexity index is 5690. The molecule has 6 aromatic heterocycles. The van der Waals surface area contributed by atoms with E-state index < -0.39 is 0 Å². The Morgan fingerprint density at radius 2 is 0.682 bits per heavy atom. The van der Waals surface area contributed by atoms with Crippen molar-refractivity contribution in [1.29, 1.82) is 5.26 Å². The Balaban J connectivity index is 1.21. The molecule has 88 heavy (non-hydrogen) atoms. The molecule has 0 aliphatic rings. The van der Waals surface area contributed by atoms with Crippen LogP contribution < -0.4 is 0 Å². The van der Waals surface area contributed by atoms with Crippen LogP contribution in [0.15, 0.2) is 218 Å². The van der Waals surface area contributed by atoms with Gasteiger partial charge in [0.15, 0.2) is 0 Å². The molecule has 0 saturated carbocycles. The predicted molar refractivity (Wildman–Crippen MR) is 377 cm³/mol. The monoisotopic (exact) mass is 1160 g/mol. The molecule has 0 saturated heterocycles. The van der Waals surface area contributed by atoms with Crippen LogP contribution in [-0.2, 0) is 5.41 Å². The van der Waals surface area contributed by atoms with E-state index in [1.54, 1.807) is 0 Å². The van der Waals surface area contributed by atoms with Crippen LogP contribution >= 0.6 is 22.7 Å². The Hall–Kier alpha value is -10.2. The van der Waals surface area contributed by atoms with Crippen LogP contribution in [0.5, 0.6) is 0 Å². The van der Waals surface area contributed by atoms with Gasteiger partial charge in [-0.05, 0) is 117 Å². The maximum absolute atomic E-state index is 13.5. The van der Waals surface area contributed by atoms with E-state index >= 15 is 0 Å². The fraction of sp³-hybridized carbons (Fsp3) is 0.0988. The summed E-state index contributed by atoms with van der Waals surface area (Å²) in [4.78, 5) is 0. The third-order valence-corrected chi connectivity index (χ3v) is 21.3. The number of rotatable bonds is 5. The first-order chi connectivity index (χ1) is 42.9. The molecule has 18 aromatic rings. The lowest BCUT2D eigenvalue weighted by atomic mass is 9.85. The van der Waals surface area contributed by atoms with Crippen molar-refractivity contribution in [3.05, 3.63) is 252 Å². The summed E-state index contributed by atoms with van der Waals surface area (Å²) in [6.45, 7) is 15.7. The lowest BCUT2D eigenvalue weighted by Gasteiger charge is -2.30. The largest absolute Gasteiger partial charge is 0.306 e. The van der Waals surface area contributed by atoms with Gasteiger partial charge in [0.05, 0.1) is 76.3 Å². The van der Waals surface area contributed by atoms with E-state index in [0.29, 0.717) is 5.56 Å². The van der Waals surface area contributed by atoms with Crippen LogP contribution in [-0.4, -0.2) is 18.3 Å². The fourth-order valence-corrected chi connectivity index (χ4v) is 17.5. The molecule has 0 spiro atoms. The van der Waals surface area contributed by atoms with Crippen molar-refractivity contribution in [3.8, 4) is 39.9 Å². The van der Waals surface area contributed by atoms with Gasteiger partial charge in [-0.1, -0.05) is 189 Å². The third-order valence-electron chi connectivity index (χ3n) is 19.0. The predicted octanol–water partition coefficient (Wildman–Crippen LogP) is 22.9. The summed E-state index contributed by atoms with van der Waals surface area (Å²) < 4.78 is 14.9. The molecule has 6 heterocycles. The standard InChI is InChI=1S/C81H57N5S2/c1-45-24-36-66-59(40-45)60-41-46(2)25-37-67(60)83(66)77-72(49-28-30-50(31-29-49)81(5,6)7)78(84-68-38-26-47(3)42-61(68)62-43-48(4)27-39-69(62)84)74(86-65-21-13-9-17-52(65)56-33-35-58-54-19-11-15-23-71(54)88-80(58)76(56)86)63(44-82)73(77)85-64-20-12-8-16-51(64)55-32-34-57-53-18-10-14-22-70(53)87-79(57)75(55)85/h8-43H,1-7H3. The molecule has 0 N–H and O–H groups in total. The summed E-state index contributed by atoms with van der Waals surface area (Å²) in [6, 6.07) is 85.2. The number of hydrogen-bond donors (Lipinski definition) is 0. The number of aryl methyl sites for hydroxylation is 4. The number of para-hydroxylation sites is 2. The van der Waals surface area contributed by atoms with E-state index in [-0.39, 0.29) is 5.41 Å². The third kappa shape index (κ3) is 7.01. The number of thiophene rings is 2. The van der Waals surface area contributed by atoms with Gasteiger partial charge in [0, 0.05) is 79.6 Å². The molecule has 0 atom stereocenters. The smallest absolute Gasteiger partial charge is 0.104 e. The summed E-state index contributed by atoms with van der Waals surface area (Å²) in [5, 5.41) is 27.5. The maximum Gasteiger partial charge on any atom is 0.104 e. The summed E-state index contributed by atoms with van der Waals surface area (Å²) in [5.74, 6) is 0. The lowest BCUT2D eigenvalue weighted by Crippen LogP contribution is -2.16. The minimum atomic E-state index is -0.131. The molecule has 7 heteroatoms. The van der Waals surface area contributed by atoms with Crippen molar-refractivity contribution in [2.45, 2.75) is 53.9 Å². The second-order valence-corrected chi connectivity index (χ2v) is 27.5. The molecule has 0 bridgehead atoms. The van der Waals surface area contributed by atoms with Gasteiger partial charge < -0.3 is 18.3 Å². The van der Waals surface area contributed by atoms with Gasteiger partial charge in [-0.2, -0.15) is 5.26 Å². The molecule has 0 fully saturated rings. The zero-order chi connectivity index (χ0) is 59.2. The molecule has 12 aromatic carbocycles. The second-order valence-electron chi connectivity index (χ2n) is 25.4. The quantitative estimate of drug-likeness (QED) is 0.169. The molecule has 5 nitrogen and oxygen atoms in total. The van der Waals surface area contributed by atoms with Gasteiger partial charge in [-0.25, -0.2) is 0 Å². The van der Waals surface area contributed by atoms with Crippen molar-refractivity contribution in [3.63, 3.8) is 0 Å². The second kappa shape index (κ2) is 18.4. The van der Waals surface area contributed by atoms with Crippen molar-refractivity contribution >= 4 is 150 Å². The zero-order valence-corrected chi connectivity index (χ0v) is 51.5. The van der Waals surface area contributed by atoms with Gasteiger partial charge in [0.25, 0.3) is 0 Å². The number of nitrogens with zero attached hydrogens (tertiary/aromatic N) is 5. The first-order valence-electron chi connectivity index (χ1n) is 30.4. The van der Waals surface area contributed by atoms with E-state index in [4.69, 9.17) is 0 Å². The molecular weight excluding hydrogens is 1110 g/mol. The first kappa shape index (κ1) is 51.0. The van der Waals surface area contributed by atoms with Crippen LogP contribution in [0.4, 0.5) is 0 Å². The summed E-state index contributed by atoms with van der Waals surface area (Å²) in [6.07, 6.45) is 0. The van der Waals surface area contributed by atoms with Crippen molar-refractivity contribution in [1.82, 2.24) is 18.3 Å². The van der Waals surface area contributed by atoms with Crippen LogP contribution in [0.1, 0.15) is 54.2 Å². The van der Waals surface area contributed by atoms with E-state index in [0.717, 1.165) is 121 Å². The van der Waals surface area contributed by atoms with Crippen molar-refractivity contribution in [2.24, 2.45) is 0 Å². The summed E-state index contributed by atoms with van der Waals surface area (Å²) in [7, 11) is 0. The Morgan fingerprint density at radius 3 is 1.07 bits per heavy atom. The molecule has 0 aliphatic carbocycles. The van der Waals surface area contributed by atoms with Gasteiger partial charge >= 0.3 is 0 Å². The van der Waals surface area contributed by atoms with Crippen molar-refractivity contribution in [2.75, 3.05) is 0 Å². The molecule has 0 unspecified atom stereocenters. The minimum Gasteiger partial charge on any atom is -0.306 e. The first-order valence-corrected chi connectivity index (χ1v) is 32.0. The van der Waals surface area contributed by atoms with E-state index in [9.17, 15) is 5.26 Å². The topological polar surface area (TPSA) is 43.5 Å². The van der Waals surface area contributed by atoms with Crippen LogP contribution in [0.2, 0.25) is 0 Å². The normalized spacial score (nSPS) is 12.5. The van der Waals surface area contributed by atoms with Crippen LogP contribution in [0.25, 0.3) is 161 Å². The highest BCUT2D eigenvalue weighted by Crippen LogP contribution is 2.54. The SMILES string of the molecule is Cc1ccc2c(c1)c1cc(C)ccc1n2-c1c(-c2ccc(C(C)(C)C)cc2)c(-n2c3ccc(C)cc3c3cc(C)ccc32)c(-n2c3ccccc3c3ccc4c5ccccc5sc4c32)c(C#N)c1-n1c2ccccc2c2ccc3c4ccccc4sc3c21. The van der Waals surface area contributed by atoms with E-state index in [2.05, 4.69) is 291 Å². The van der Waals surface area contributed by atoms with Gasteiger partial charge in [-0.3, -0.25) is 0 Å². The van der Waals surface area contributed by atoms with Gasteiger partial charge in [0.1, 0.15) is 11.6 Å². The highest BCUT2D eigenvalue weighted by atomic mass is 32.1.